The minimum absolute atomic E-state index is 0.0112. The topological polar surface area (TPSA) is 94.0 Å². The fourth-order valence-electron chi connectivity index (χ4n) is 3.38. The molecule has 0 aliphatic rings. The molecule has 184 valence electrons. The number of methoxy groups -OCH3 is 2. The summed E-state index contributed by atoms with van der Waals surface area (Å²) in [5, 5.41) is -0.0260. The van der Waals surface area contributed by atoms with Crippen LogP contribution in [0.15, 0.2) is 35.6 Å². The summed E-state index contributed by atoms with van der Waals surface area (Å²) in [6.07, 6.45) is 1.55. The van der Waals surface area contributed by atoms with Crippen LogP contribution in [0.1, 0.15) is 25.1 Å². The maximum atomic E-state index is 13.3. The van der Waals surface area contributed by atoms with Crippen molar-refractivity contribution < 1.29 is 22.7 Å². The van der Waals surface area contributed by atoms with E-state index in [9.17, 15) is 13.2 Å². The number of carbonyl (C=O) groups excluding carboxylic acids is 1. The number of imidazole rings is 1. The number of rotatable bonds is 13. The van der Waals surface area contributed by atoms with E-state index >= 15 is 0 Å². The number of hydrogen-bond acceptors (Lipinski definition) is 7. The maximum absolute atomic E-state index is 13.3. The van der Waals surface area contributed by atoms with Crippen LogP contribution in [0.4, 0.5) is 0 Å². The molecule has 2 aromatic rings. The van der Waals surface area contributed by atoms with Crippen molar-refractivity contribution in [3.05, 3.63) is 41.7 Å². The molecule has 10 heteroatoms. The highest BCUT2D eigenvalue weighted by Gasteiger charge is 2.26. The van der Waals surface area contributed by atoms with E-state index in [1.54, 1.807) is 47.0 Å². The predicted molar refractivity (Wildman–Crippen MR) is 127 cm³/mol. The molecule has 0 radical (unpaired) electrons. The Morgan fingerprint density at radius 1 is 1.18 bits per heavy atom. The molecule has 0 bridgehead atoms. The summed E-state index contributed by atoms with van der Waals surface area (Å²) in [6.45, 7) is 5.86. The van der Waals surface area contributed by atoms with E-state index in [0.29, 0.717) is 43.2 Å². The third-order valence-electron chi connectivity index (χ3n) is 5.17. The van der Waals surface area contributed by atoms with Gasteiger partial charge < -0.3 is 23.8 Å². The van der Waals surface area contributed by atoms with E-state index in [2.05, 4.69) is 4.98 Å². The molecular formula is C23H36N4O5S. The van der Waals surface area contributed by atoms with E-state index in [1.807, 2.05) is 32.8 Å². The Bertz CT molecular complexity index is 1020. The van der Waals surface area contributed by atoms with Crippen molar-refractivity contribution in [2.24, 2.45) is 5.92 Å². The lowest BCUT2D eigenvalue weighted by atomic mass is 10.2. The third-order valence-corrected chi connectivity index (χ3v) is 6.76. The van der Waals surface area contributed by atoms with E-state index in [-0.39, 0.29) is 29.3 Å². The second-order valence-corrected chi connectivity index (χ2v) is 10.4. The van der Waals surface area contributed by atoms with Gasteiger partial charge in [-0.25, -0.2) is 13.4 Å². The summed E-state index contributed by atoms with van der Waals surface area (Å²) in [5.74, 6) is 0.230. The van der Waals surface area contributed by atoms with Crippen LogP contribution in [0.2, 0.25) is 0 Å². The Hall–Kier alpha value is -2.43. The van der Waals surface area contributed by atoms with E-state index in [4.69, 9.17) is 9.47 Å². The van der Waals surface area contributed by atoms with Crippen LogP contribution in [0.3, 0.4) is 0 Å². The van der Waals surface area contributed by atoms with Gasteiger partial charge in [-0.1, -0.05) is 26.0 Å². The lowest BCUT2D eigenvalue weighted by Gasteiger charge is -2.26. The Morgan fingerprint density at radius 3 is 2.52 bits per heavy atom. The molecule has 0 spiro atoms. The van der Waals surface area contributed by atoms with Gasteiger partial charge in [0.05, 0.1) is 37.9 Å². The molecule has 0 aliphatic carbocycles. The zero-order valence-electron chi connectivity index (χ0n) is 20.4. The number of carbonyl (C=O) groups is 1. The number of hydrogen-bond donors (Lipinski definition) is 0. The molecule has 2 rings (SSSR count). The molecule has 0 aliphatic heterocycles. The van der Waals surface area contributed by atoms with Gasteiger partial charge in [0.15, 0.2) is 0 Å². The van der Waals surface area contributed by atoms with Gasteiger partial charge in [-0.2, -0.15) is 0 Å². The van der Waals surface area contributed by atoms with Crippen molar-refractivity contribution in [2.75, 3.05) is 48.0 Å². The summed E-state index contributed by atoms with van der Waals surface area (Å²) < 4.78 is 38.6. The number of aromatic nitrogens is 2. The lowest BCUT2D eigenvalue weighted by Crippen LogP contribution is -2.39. The normalized spacial score (nSPS) is 11.9. The van der Waals surface area contributed by atoms with E-state index < -0.39 is 9.84 Å². The van der Waals surface area contributed by atoms with Crippen LogP contribution in [0.25, 0.3) is 0 Å². The first-order chi connectivity index (χ1) is 15.6. The molecule has 9 nitrogen and oxygen atoms in total. The maximum Gasteiger partial charge on any atom is 0.228 e. The smallest absolute Gasteiger partial charge is 0.228 e. The molecule has 0 atom stereocenters. The molecule has 1 aromatic carbocycles. The number of sulfone groups is 1. The zero-order chi connectivity index (χ0) is 24.6. The minimum Gasteiger partial charge on any atom is -0.497 e. The van der Waals surface area contributed by atoms with Crippen LogP contribution in [-0.2, 0) is 38.2 Å². The summed E-state index contributed by atoms with van der Waals surface area (Å²) in [4.78, 5) is 20.8. The van der Waals surface area contributed by atoms with Gasteiger partial charge in [-0.15, -0.1) is 0 Å². The van der Waals surface area contributed by atoms with Gasteiger partial charge in [0.2, 0.25) is 20.9 Å². The van der Waals surface area contributed by atoms with Crippen LogP contribution in [0.5, 0.6) is 5.75 Å². The molecule has 0 saturated carbocycles. The Kier molecular flexibility index (Phi) is 9.87. The summed E-state index contributed by atoms with van der Waals surface area (Å²) in [5.41, 5.74) is 1.27. The number of amides is 1. The second-order valence-electron chi connectivity index (χ2n) is 8.50. The summed E-state index contributed by atoms with van der Waals surface area (Å²) in [6, 6.07) is 6.97. The molecule has 0 saturated heterocycles. The molecule has 1 aromatic heterocycles. The van der Waals surface area contributed by atoms with Gasteiger partial charge in [0.1, 0.15) is 5.75 Å². The Balaban J connectivity index is 2.38. The molecule has 0 N–H and O–H groups in total. The second kappa shape index (κ2) is 12.2. The average molecular weight is 481 g/mol. The van der Waals surface area contributed by atoms with Crippen molar-refractivity contribution >= 4 is 15.7 Å². The third kappa shape index (κ3) is 7.55. The highest BCUT2D eigenvalue weighted by atomic mass is 32.2. The number of nitrogens with zero attached hydrogens (tertiary/aromatic N) is 4. The average Bonchev–Trinajstić information content (AvgIpc) is 3.17. The number of benzene rings is 1. The van der Waals surface area contributed by atoms with E-state index in [1.165, 1.54) is 7.11 Å². The first-order valence-corrected chi connectivity index (χ1v) is 12.6. The summed E-state index contributed by atoms with van der Waals surface area (Å²) in [7, 11) is 3.25. The molecular weight excluding hydrogens is 444 g/mol. The van der Waals surface area contributed by atoms with Crippen LogP contribution < -0.4 is 4.74 Å². The predicted octanol–water partition coefficient (Wildman–Crippen LogP) is 2.06. The van der Waals surface area contributed by atoms with Gasteiger partial charge >= 0.3 is 0 Å². The first-order valence-electron chi connectivity index (χ1n) is 10.9. The van der Waals surface area contributed by atoms with E-state index in [0.717, 1.165) is 0 Å². The molecule has 33 heavy (non-hydrogen) atoms. The molecule has 1 heterocycles. The van der Waals surface area contributed by atoms with Gasteiger partial charge in [0, 0.05) is 32.7 Å². The zero-order valence-corrected chi connectivity index (χ0v) is 21.3. The van der Waals surface area contributed by atoms with Crippen molar-refractivity contribution in [3.63, 3.8) is 0 Å². The standard InChI is InChI=1S/C23H36N4O5S/c1-18(2)22(28)26(11-10-25(3)4)16-20-15-24-23(27(20)12-13-31-5)33(29,30)17-19-8-7-9-21(14-19)32-6/h7-9,14-15,18H,10-13,16-17H2,1-6H3. The SMILES string of the molecule is COCCn1c(CN(CCN(C)C)C(=O)C(C)C)cnc1S(=O)(=O)Cc1cccc(OC)c1. The minimum atomic E-state index is -3.75. The monoisotopic (exact) mass is 480 g/mol. The molecule has 0 fully saturated rings. The number of ether oxygens (including phenoxy) is 2. The highest BCUT2D eigenvalue weighted by molar-refractivity contribution is 7.90. The fourth-order valence-corrected chi connectivity index (χ4v) is 4.89. The van der Waals surface area contributed by atoms with Crippen molar-refractivity contribution in [1.82, 2.24) is 19.4 Å². The fraction of sp³-hybridized carbons (Fsp3) is 0.565. The number of likely N-dealkylation sites (N-methyl/N-ethyl adjacent to an activating group) is 1. The van der Waals surface area contributed by atoms with Crippen LogP contribution >= 0.6 is 0 Å². The van der Waals surface area contributed by atoms with Crippen molar-refractivity contribution in [3.8, 4) is 5.75 Å². The summed E-state index contributed by atoms with van der Waals surface area (Å²) >= 11 is 0. The Morgan fingerprint density at radius 2 is 1.91 bits per heavy atom. The quantitative estimate of drug-likeness (QED) is 0.433. The Labute approximate surface area is 197 Å². The first kappa shape index (κ1) is 26.8. The van der Waals surface area contributed by atoms with Gasteiger partial charge in [-0.05, 0) is 31.8 Å². The van der Waals surface area contributed by atoms with Crippen molar-refractivity contribution in [2.45, 2.75) is 37.8 Å². The lowest BCUT2D eigenvalue weighted by molar-refractivity contribution is -0.135. The molecule has 0 unspecified atom stereocenters. The van der Waals surface area contributed by atoms with Crippen molar-refractivity contribution in [1.29, 1.82) is 0 Å². The largest absolute Gasteiger partial charge is 0.497 e. The van der Waals surface area contributed by atoms with Gasteiger partial charge in [0.25, 0.3) is 0 Å². The van der Waals surface area contributed by atoms with Crippen LogP contribution in [0, 0.1) is 5.92 Å². The molecule has 1 amide bonds. The highest BCUT2D eigenvalue weighted by Crippen LogP contribution is 2.21. The van der Waals surface area contributed by atoms with Gasteiger partial charge in [-0.3, -0.25) is 4.79 Å². The van der Waals surface area contributed by atoms with Crippen LogP contribution in [-0.4, -0.2) is 81.7 Å².